The molecule has 3 heterocycles. The Labute approximate surface area is 142 Å². The summed E-state index contributed by atoms with van der Waals surface area (Å²) >= 11 is 0. The van der Waals surface area contributed by atoms with E-state index in [0.29, 0.717) is 36.6 Å². The van der Waals surface area contributed by atoms with E-state index < -0.39 is 0 Å². The molecule has 6 heteroatoms. The fraction of sp³-hybridized carbons (Fsp3) is 0.667. The van der Waals surface area contributed by atoms with E-state index in [9.17, 15) is 9.59 Å². The average Bonchev–Trinajstić information content (AvgIpc) is 2.94. The molecule has 5 atom stereocenters. The van der Waals surface area contributed by atoms with Crippen LogP contribution >= 0.6 is 0 Å². The minimum Gasteiger partial charge on any atom is -0.376 e. The Hall–Kier alpha value is -1.82. The summed E-state index contributed by atoms with van der Waals surface area (Å²) in [6.07, 6.45) is 3.03. The van der Waals surface area contributed by atoms with Crippen LogP contribution in [0.25, 0.3) is 0 Å². The molecule has 3 aliphatic rings. The molecule has 24 heavy (non-hydrogen) atoms. The maximum Gasteiger partial charge on any atom is 0.267 e. The highest BCUT2D eigenvalue weighted by molar-refractivity contribution is 5.92. The molecule has 1 aliphatic carbocycles. The van der Waals surface area contributed by atoms with Crippen molar-refractivity contribution in [2.75, 3.05) is 26.2 Å². The number of ether oxygens (including phenoxy) is 1. The first-order valence-electron chi connectivity index (χ1n) is 8.84. The predicted octanol–water partition coefficient (Wildman–Crippen LogP) is 0.884. The van der Waals surface area contributed by atoms with E-state index in [4.69, 9.17) is 4.74 Å². The summed E-state index contributed by atoms with van der Waals surface area (Å²) in [5.74, 6) is 1.65. The number of aryl methyl sites for hydroxylation is 1. The van der Waals surface area contributed by atoms with Gasteiger partial charge in [0.05, 0.1) is 12.7 Å². The fourth-order valence-electron chi connectivity index (χ4n) is 4.10. The molecule has 2 amide bonds. The molecule has 3 fully saturated rings. The first-order valence-corrected chi connectivity index (χ1v) is 8.84. The molecule has 1 N–H and O–H groups in total. The Morgan fingerprint density at radius 1 is 1.38 bits per heavy atom. The number of carbonyl (C=O) groups excluding carboxylic acids is 2. The van der Waals surface area contributed by atoms with Crippen molar-refractivity contribution in [3.05, 3.63) is 24.0 Å². The third-order valence-electron chi connectivity index (χ3n) is 5.88. The van der Waals surface area contributed by atoms with Gasteiger partial charge in [0.15, 0.2) is 0 Å². The number of nitrogens with one attached hydrogen (secondary N) is 1. The highest BCUT2D eigenvalue weighted by Crippen LogP contribution is 2.41. The van der Waals surface area contributed by atoms with Crippen LogP contribution in [0.4, 0.5) is 0 Å². The molecular formula is C18H25N3O3. The van der Waals surface area contributed by atoms with Crippen molar-refractivity contribution in [2.24, 2.45) is 30.7 Å². The lowest BCUT2D eigenvalue weighted by atomic mass is 9.93. The zero-order chi connectivity index (χ0) is 16.8. The van der Waals surface area contributed by atoms with Gasteiger partial charge in [0.25, 0.3) is 5.91 Å². The van der Waals surface area contributed by atoms with Crippen molar-refractivity contribution in [1.82, 2.24) is 14.8 Å². The molecule has 130 valence electrons. The lowest BCUT2D eigenvalue weighted by Crippen LogP contribution is -2.36. The summed E-state index contributed by atoms with van der Waals surface area (Å²) in [4.78, 5) is 26.6. The SMILES string of the molecule is C[C@@H]1C[C@H]1C(=O)N1C[C@@H]2[C@H](CNC(=O)c3cccn3C)CO[C@@H]2C1. The third kappa shape index (κ3) is 2.73. The molecule has 0 unspecified atom stereocenters. The molecule has 0 aromatic carbocycles. The van der Waals surface area contributed by atoms with Crippen LogP contribution in [0.1, 0.15) is 23.8 Å². The van der Waals surface area contributed by atoms with Gasteiger partial charge in [0.2, 0.25) is 5.91 Å². The van der Waals surface area contributed by atoms with Gasteiger partial charge < -0.3 is 19.5 Å². The van der Waals surface area contributed by atoms with Crippen LogP contribution < -0.4 is 5.32 Å². The van der Waals surface area contributed by atoms with E-state index in [1.165, 1.54) is 0 Å². The lowest BCUT2D eigenvalue weighted by molar-refractivity contribution is -0.132. The second-order valence-corrected chi connectivity index (χ2v) is 7.57. The van der Waals surface area contributed by atoms with Gasteiger partial charge in [-0.2, -0.15) is 0 Å². The number of fused-ring (bicyclic) bond motifs is 1. The van der Waals surface area contributed by atoms with Gasteiger partial charge in [-0.15, -0.1) is 0 Å². The first kappa shape index (κ1) is 15.7. The van der Waals surface area contributed by atoms with Crippen LogP contribution in [0, 0.1) is 23.7 Å². The summed E-state index contributed by atoms with van der Waals surface area (Å²) in [6, 6.07) is 3.68. The highest BCUT2D eigenvalue weighted by Gasteiger charge is 2.49. The molecule has 2 saturated heterocycles. The second kappa shape index (κ2) is 5.92. The standard InChI is InChI=1S/C18H25N3O3/c1-11-6-13(11)18(23)21-8-14-12(10-24-16(14)9-21)7-19-17(22)15-4-3-5-20(15)2/h3-5,11-14,16H,6-10H2,1-2H3,(H,19,22)/t11-,12-,13-,14-,16-/m1/s1. The monoisotopic (exact) mass is 331 g/mol. The average molecular weight is 331 g/mol. The van der Waals surface area contributed by atoms with Crippen molar-refractivity contribution >= 4 is 11.8 Å². The minimum atomic E-state index is -0.0521. The maximum atomic E-state index is 12.4. The molecule has 0 radical (unpaired) electrons. The molecular weight excluding hydrogens is 306 g/mol. The lowest BCUT2D eigenvalue weighted by Gasteiger charge is -2.20. The van der Waals surface area contributed by atoms with Gasteiger partial charge in [-0.05, 0) is 24.5 Å². The van der Waals surface area contributed by atoms with E-state index >= 15 is 0 Å². The Kier molecular flexibility index (Phi) is 3.87. The summed E-state index contributed by atoms with van der Waals surface area (Å²) in [5, 5.41) is 3.02. The molecule has 1 saturated carbocycles. The topological polar surface area (TPSA) is 63.6 Å². The normalized spacial score (nSPS) is 34.2. The van der Waals surface area contributed by atoms with Gasteiger partial charge in [-0.3, -0.25) is 9.59 Å². The number of amides is 2. The van der Waals surface area contributed by atoms with Crippen molar-refractivity contribution in [3.8, 4) is 0 Å². The minimum absolute atomic E-state index is 0.0521. The van der Waals surface area contributed by atoms with Crippen molar-refractivity contribution in [3.63, 3.8) is 0 Å². The molecule has 4 rings (SSSR count). The number of likely N-dealkylation sites (tertiary alicyclic amines) is 1. The van der Waals surface area contributed by atoms with Gasteiger partial charge in [-0.1, -0.05) is 6.92 Å². The Balaban J connectivity index is 1.32. The van der Waals surface area contributed by atoms with E-state index in [-0.39, 0.29) is 23.8 Å². The van der Waals surface area contributed by atoms with Crippen molar-refractivity contribution < 1.29 is 14.3 Å². The van der Waals surface area contributed by atoms with Crippen LogP contribution in [-0.4, -0.2) is 53.6 Å². The zero-order valence-electron chi connectivity index (χ0n) is 14.3. The van der Waals surface area contributed by atoms with E-state index in [1.807, 2.05) is 34.8 Å². The largest absolute Gasteiger partial charge is 0.376 e. The van der Waals surface area contributed by atoms with Crippen LogP contribution in [0.15, 0.2) is 18.3 Å². The van der Waals surface area contributed by atoms with Crippen LogP contribution in [0.5, 0.6) is 0 Å². The van der Waals surface area contributed by atoms with E-state index in [2.05, 4.69) is 12.2 Å². The number of hydrogen-bond acceptors (Lipinski definition) is 3. The number of nitrogens with zero attached hydrogens (tertiary/aromatic N) is 2. The van der Waals surface area contributed by atoms with Gasteiger partial charge in [-0.25, -0.2) is 0 Å². The van der Waals surface area contributed by atoms with Crippen molar-refractivity contribution in [1.29, 1.82) is 0 Å². The van der Waals surface area contributed by atoms with Crippen molar-refractivity contribution in [2.45, 2.75) is 19.4 Å². The zero-order valence-corrected chi connectivity index (χ0v) is 14.3. The van der Waals surface area contributed by atoms with E-state index in [1.54, 1.807) is 0 Å². The fourth-order valence-corrected chi connectivity index (χ4v) is 4.10. The summed E-state index contributed by atoms with van der Waals surface area (Å²) in [5.41, 5.74) is 0.663. The summed E-state index contributed by atoms with van der Waals surface area (Å²) in [6.45, 7) is 4.90. The van der Waals surface area contributed by atoms with Crippen LogP contribution in [-0.2, 0) is 16.6 Å². The molecule has 2 aliphatic heterocycles. The Bertz CT molecular complexity index is 656. The van der Waals surface area contributed by atoms with E-state index in [0.717, 1.165) is 19.5 Å². The number of aromatic nitrogens is 1. The third-order valence-corrected chi connectivity index (χ3v) is 5.88. The number of rotatable bonds is 4. The molecule has 1 aromatic heterocycles. The number of hydrogen-bond donors (Lipinski definition) is 1. The number of carbonyl (C=O) groups is 2. The van der Waals surface area contributed by atoms with Gasteiger partial charge in [0.1, 0.15) is 5.69 Å². The van der Waals surface area contributed by atoms with Gasteiger partial charge >= 0.3 is 0 Å². The molecule has 0 bridgehead atoms. The molecule has 6 nitrogen and oxygen atoms in total. The van der Waals surface area contributed by atoms with Crippen LogP contribution in [0.2, 0.25) is 0 Å². The smallest absolute Gasteiger partial charge is 0.267 e. The predicted molar refractivity (Wildman–Crippen MR) is 88.3 cm³/mol. The molecule has 1 aromatic rings. The molecule has 0 spiro atoms. The van der Waals surface area contributed by atoms with Gasteiger partial charge in [0, 0.05) is 50.6 Å². The summed E-state index contributed by atoms with van der Waals surface area (Å²) in [7, 11) is 1.86. The Morgan fingerprint density at radius 2 is 2.17 bits per heavy atom. The maximum absolute atomic E-state index is 12.4. The van der Waals surface area contributed by atoms with Crippen LogP contribution in [0.3, 0.4) is 0 Å². The second-order valence-electron chi connectivity index (χ2n) is 7.57. The first-order chi connectivity index (χ1) is 11.5. The Morgan fingerprint density at radius 3 is 2.83 bits per heavy atom. The quantitative estimate of drug-likeness (QED) is 0.891. The summed E-state index contributed by atoms with van der Waals surface area (Å²) < 4.78 is 7.71. The highest BCUT2D eigenvalue weighted by atomic mass is 16.5.